The third-order valence-electron chi connectivity index (χ3n) is 2.81. The average molecular weight is 355 g/mol. The minimum absolute atomic E-state index is 0.161. The third kappa shape index (κ3) is 5.41. The van der Waals surface area contributed by atoms with Crippen molar-refractivity contribution in [3.05, 3.63) is 28.5 Å². The fourth-order valence-electron chi connectivity index (χ4n) is 1.81. The van der Waals surface area contributed by atoms with Gasteiger partial charge in [-0.1, -0.05) is 18.5 Å². The van der Waals surface area contributed by atoms with Crippen molar-refractivity contribution in [3.8, 4) is 0 Å². The maximum absolute atomic E-state index is 14.3. The van der Waals surface area contributed by atoms with E-state index in [4.69, 9.17) is 11.6 Å². The molecule has 1 aromatic rings. The number of hydrogen-bond donors (Lipinski definition) is 2. The predicted octanol–water partition coefficient (Wildman–Crippen LogP) is 2.48. The molecule has 1 unspecified atom stereocenters. The van der Waals surface area contributed by atoms with Crippen LogP contribution in [0.1, 0.15) is 12.5 Å². The van der Waals surface area contributed by atoms with Crippen LogP contribution in [0.15, 0.2) is 17.0 Å². The van der Waals surface area contributed by atoms with Gasteiger partial charge < -0.3 is 5.32 Å². The molecule has 2 N–H and O–H groups in total. The Kier molecular flexibility index (Phi) is 7.42. The van der Waals surface area contributed by atoms with Crippen LogP contribution in [0.2, 0.25) is 5.02 Å². The van der Waals surface area contributed by atoms with Crippen LogP contribution in [0.5, 0.6) is 0 Å². The van der Waals surface area contributed by atoms with Crippen molar-refractivity contribution in [2.45, 2.75) is 18.4 Å². The number of benzene rings is 1. The summed E-state index contributed by atoms with van der Waals surface area (Å²) in [6, 6.07) is 2.56. The van der Waals surface area contributed by atoms with Gasteiger partial charge in [0, 0.05) is 23.7 Å². The summed E-state index contributed by atoms with van der Waals surface area (Å²) in [5.74, 6) is 0.221. The lowest BCUT2D eigenvalue weighted by Gasteiger charge is -2.14. The van der Waals surface area contributed by atoms with Crippen LogP contribution in [0.25, 0.3) is 0 Å². The number of sulfonamides is 1. The molecular formula is C13H20ClFN2O2S2. The smallest absolute Gasteiger partial charge is 0.243 e. The summed E-state index contributed by atoms with van der Waals surface area (Å²) in [6.07, 6.45) is 1.95. The number of thioether (sulfide) groups is 1. The van der Waals surface area contributed by atoms with Crippen molar-refractivity contribution in [2.24, 2.45) is 5.92 Å². The van der Waals surface area contributed by atoms with Crippen LogP contribution >= 0.6 is 23.4 Å². The predicted molar refractivity (Wildman–Crippen MR) is 86.9 cm³/mol. The second kappa shape index (κ2) is 8.33. The van der Waals surface area contributed by atoms with E-state index in [2.05, 4.69) is 10.0 Å². The van der Waals surface area contributed by atoms with Crippen LogP contribution in [0, 0.1) is 11.7 Å². The minimum atomic E-state index is -3.91. The first-order valence-electron chi connectivity index (χ1n) is 6.43. The molecule has 0 spiro atoms. The van der Waals surface area contributed by atoms with Gasteiger partial charge in [0.1, 0.15) is 10.7 Å². The molecule has 1 atom stereocenters. The summed E-state index contributed by atoms with van der Waals surface area (Å²) < 4.78 is 41.2. The van der Waals surface area contributed by atoms with Gasteiger partial charge >= 0.3 is 0 Å². The van der Waals surface area contributed by atoms with Crippen LogP contribution in [-0.2, 0) is 16.6 Å². The zero-order valence-corrected chi connectivity index (χ0v) is 14.6. The molecule has 0 aromatic heterocycles. The molecule has 0 aliphatic heterocycles. The lowest BCUT2D eigenvalue weighted by atomic mass is 10.2. The molecule has 0 saturated heterocycles. The van der Waals surface area contributed by atoms with Gasteiger partial charge in [-0.05, 0) is 37.1 Å². The van der Waals surface area contributed by atoms with Crippen molar-refractivity contribution in [1.29, 1.82) is 0 Å². The van der Waals surface area contributed by atoms with Gasteiger partial charge in [0.15, 0.2) is 0 Å². The normalized spacial score (nSPS) is 13.4. The molecule has 0 heterocycles. The topological polar surface area (TPSA) is 58.2 Å². The Balaban J connectivity index is 3.02. The quantitative estimate of drug-likeness (QED) is 0.753. The van der Waals surface area contributed by atoms with Gasteiger partial charge in [-0.25, -0.2) is 17.5 Å². The summed E-state index contributed by atoms with van der Waals surface area (Å²) in [6.45, 7) is 2.40. The van der Waals surface area contributed by atoms with E-state index in [1.165, 1.54) is 6.07 Å². The Morgan fingerprint density at radius 2 is 2.10 bits per heavy atom. The first-order valence-corrected chi connectivity index (χ1v) is 9.68. The molecule has 0 amide bonds. The molecule has 120 valence electrons. The highest BCUT2D eigenvalue weighted by atomic mass is 35.5. The number of halogens is 2. The molecule has 1 rings (SSSR count). The van der Waals surface area contributed by atoms with Gasteiger partial charge in [-0.3, -0.25) is 0 Å². The molecule has 0 bridgehead atoms. The summed E-state index contributed by atoms with van der Waals surface area (Å²) in [5.41, 5.74) is 0.225. The maximum atomic E-state index is 14.3. The van der Waals surface area contributed by atoms with Crippen molar-refractivity contribution in [2.75, 3.05) is 25.6 Å². The Morgan fingerprint density at radius 3 is 2.67 bits per heavy atom. The molecule has 0 fully saturated rings. The zero-order valence-electron chi connectivity index (χ0n) is 12.2. The van der Waals surface area contributed by atoms with E-state index in [9.17, 15) is 12.8 Å². The van der Waals surface area contributed by atoms with Crippen LogP contribution in [-0.4, -0.2) is 34.0 Å². The summed E-state index contributed by atoms with van der Waals surface area (Å²) in [4.78, 5) is -0.406. The first-order chi connectivity index (χ1) is 9.81. The number of nitrogens with one attached hydrogen (secondary N) is 2. The van der Waals surface area contributed by atoms with E-state index in [1.54, 1.807) is 18.8 Å². The highest BCUT2D eigenvalue weighted by molar-refractivity contribution is 7.98. The van der Waals surface area contributed by atoms with Crippen LogP contribution < -0.4 is 10.0 Å². The monoisotopic (exact) mass is 354 g/mol. The molecule has 0 saturated carbocycles. The lowest BCUT2D eigenvalue weighted by molar-refractivity contribution is 0.537. The summed E-state index contributed by atoms with van der Waals surface area (Å²) in [5, 5.41) is 2.97. The fraction of sp³-hybridized carbons (Fsp3) is 0.538. The molecule has 0 radical (unpaired) electrons. The molecule has 8 heteroatoms. The SMILES string of the molecule is CNCc1cc(Cl)cc(S(=O)(=O)NCC(C)CSC)c1F. The Morgan fingerprint density at radius 1 is 1.43 bits per heavy atom. The van der Waals surface area contributed by atoms with Crippen molar-refractivity contribution >= 4 is 33.4 Å². The van der Waals surface area contributed by atoms with Gasteiger partial charge in [0.2, 0.25) is 10.0 Å². The van der Waals surface area contributed by atoms with Crippen molar-refractivity contribution in [1.82, 2.24) is 10.0 Å². The molecule has 1 aromatic carbocycles. The number of rotatable bonds is 8. The largest absolute Gasteiger partial charge is 0.316 e. The Labute approximate surface area is 134 Å². The van der Waals surface area contributed by atoms with Crippen LogP contribution in [0.4, 0.5) is 4.39 Å². The highest BCUT2D eigenvalue weighted by Gasteiger charge is 2.22. The molecule has 0 aliphatic rings. The number of hydrogen-bond acceptors (Lipinski definition) is 4. The van der Waals surface area contributed by atoms with Crippen molar-refractivity contribution in [3.63, 3.8) is 0 Å². The molecule has 4 nitrogen and oxygen atoms in total. The summed E-state index contributed by atoms with van der Waals surface area (Å²) >= 11 is 7.52. The van der Waals surface area contributed by atoms with Gasteiger partial charge in [0.05, 0.1) is 0 Å². The van der Waals surface area contributed by atoms with E-state index in [1.807, 2.05) is 13.2 Å². The van der Waals surface area contributed by atoms with E-state index in [0.29, 0.717) is 0 Å². The van der Waals surface area contributed by atoms with E-state index < -0.39 is 20.7 Å². The third-order valence-corrected chi connectivity index (χ3v) is 5.35. The molecule has 21 heavy (non-hydrogen) atoms. The second-order valence-electron chi connectivity index (χ2n) is 4.82. The Hall–Kier alpha value is -0.340. The second-order valence-corrected chi connectivity index (χ2v) is 7.90. The van der Waals surface area contributed by atoms with Gasteiger partial charge in [-0.15, -0.1) is 0 Å². The average Bonchev–Trinajstić information content (AvgIpc) is 2.41. The standard InChI is InChI=1S/C13H20ClFN2O2S2/c1-9(8-20-3)6-17-21(18,19)12-5-11(14)4-10(7-16-2)13(12)15/h4-5,9,16-17H,6-8H2,1-3H3. The fourth-order valence-corrected chi connectivity index (χ4v) is 4.11. The maximum Gasteiger partial charge on any atom is 0.243 e. The Bertz CT molecular complexity index is 582. The van der Waals surface area contributed by atoms with E-state index >= 15 is 0 Å². The van der Waals surface area contributed by atoms with E-state index in [0.717, 1.165) is 11.8 Å². The van der Waals surface area contributed by atoms with Crippen LogP contribution in [0.3, 0.4) is 0 Å². The van der Waals surface area contributed by atoms with Crippen molar-refractivity contribution < 1.29 is 12.8 Å². The zero-order chi connectivity index (χ0) is 16.0. The summed E-state index contributed by atoms with van der Waals surface area (Å²) in [7, 11) is -2.26. The first kappa shape index (κ1) is 18.7. The lowest BCUT2D eigenvalue weighted by Crippen LogP contribution is -2.30. The molecular weight excluding hydrogens is 335 g/mol. The molecule has 0 aliphatic carbocycles. The van der Waals surface area contributed by atoms with Gasteiger partial charge in [-0.2, -0.15) is 11.8 Å². The van der Waals surface area contributed by atoms with E-state index in [-0.39, 0.29) is 29.6 Å². The minimum Gasteiger partial charge on any atom is -0.316 e. The highest BCUT2D eigenvalue weighted by Crippen LogP contribution is 2.24. The van der Waals surface area contributed by atoms with Gasteiger partial charge in [0.25, 0.3) is 0 Å².